The zero-order chi connectivity index (χ0) is 7.28. The molecule has 3 heteroatoms. The lowest BCUT2D eigenvalue weighted by Gasteiger charge is -2.09. The van der Waals surface area contributed by atoms with Crippen molar-refractivity contribution < 1.29 is 0 Å². The second kappa shape index (κ2) is 4.70. The van der Waals surface area contributed by atoms with Crippen LogP contribution in [0.1, 0.15) is 19.8 Å². The molecule has 0 radical (unpaired) electrons. The number of hydrogen-bond donors (Lipinski definition) is 2. The van der Waals surface area contributed by atoms with Crippen LogP contribution in [0.4, 0.5) is 0 Å². The van der Waals surface area contributed by atoms with Crippen LogP contribution in [-0.4, -0.2) is 18.1 Å². The molecule has 3 N–H and O–H groups in total. The summed E-state index contributed by atoms with van der Waals surface area (Å²) in [6.07, 6.45) is 2.06. The van der Waals surface area contributed by atoms with Crippen molar-refractivity contribution in [3.8, 4) is 0 Å². The Morgan fingerprint density at radius 3 is 2.67 bits per heavy atom. The van der Waals surface area contributed by atoms with E-state index in [1.54, 1.807) is 7.05 Å². The number of hydrogen-bond acceptors (Lipinski definition) is 2. The minimum Gasteiger partial charge on any atom is -0.381 e. The molecule has 1 atom stereocenters. The van der Waals surface area contributed by atoms with Gasteiger partial charge >= 0.3 is 0 Å². The first-order chi connectivity index (χ1) is 4.22. The van der Waals surface area contributed by atoms with Crippen LogP contribution in [0.2, 0.25) is 0 Å². The lowest BCUT2D eigenvalue weighted by Crippen LogP contribution is -2.36. The molecule has 0 aromatic rings. The Morgan fingerprint density at radius 1 is 1.78 bits per heavy atom. The van der Waals surface area contributed by atoms with Gasteiger partial charge in [0.25, 0.3) is 0 Å². The number of thiocarbonyl (C=S) groups is 1. The molecule has 0 saturated heterocycles. The molecule has 54 valence electrons. The predicted octanol–water partition coefficient (Wildman–Crippen LogP) is 0.661. The monoisotopic (exact) mass is 146 g/mol. The van der Waals surface area contributed by atoms with Crippen molar-refractivity contribution in [1.29, 1.82) is 0 Å². The van der Waals surface area contributed by atoms with Gasteiger partial charge in [-0.05, 0) is 6.42 Å². The van der Waals surface area contributed by atoms with E-state index in [1.165, 1.54) is 0 Å². The Balaban J connectivity index is 3.45. The lowest BCUT2D eigenvalue weighted by atomic mass is 10.2. The van der Waals surface area contributed by atoms with Crippen LogP contribution in [0.25, 0.3) is 0 Å². The smallest absolute Gasteiger partial charge is 0.0921 e. The van der Waals surface area contributed by atoms with E-state index >= 15 is 0 Å². The molecule has 0 spiro atoms. The predicted molar refractivity (Wildman–Crippen MR) is 44.5 cm³/mol. The largest absolute Gasteiger partial charge is 0.381 e. The molecule has 0 saturated carbocycles. The van der Waals surface area contributed by atoms with E-state index in [0.29, 0.717) is 0 Å². The molecule has 2 nitrogen and oxygen atoms in total. The van der Waals surface area contributed by atoms with Crippen LogP contribution < -0.4 is 11.1 Å². The highest BCUT2D eigenvalue weighted by molar-refractivity contribution is 7.80. The first kappa shape index (κ1) is 8.85. The van der Waals surface area contributed by atoms with E-state index in [0.717, 1.165) is 17.8 Å². The maximum atomic E-state index is 5.63. The van der Waals surface area contributed by atoms with Gasteiger partial charge in [0.2, 0.25) is 0 Å². The Hall–Kier alpha value is -0.150. The van der Waals surface area contributed by atoms with Gasteiger partial charge in [-0.2, -0.15) is 0 Å². The Bertz CT molecular complexity index is 93.1. The molecule has 0 aromatic carbocycles. The minimum absolute atomic E-state index is 0.0509. The zero-order valence-corrected chi connectivity index (χ0v) is 6.79. The summed E-state index contributed by atoms with van der Waals surface area (Å²) in [5.41, 5.74) is 5.63. The van der Waals surface area contributed by atoms with E-state index < -0.39 is 0 Å². The summed E-state index contributed by atoms with van der Waals surface area (Å²) in [5.74, 6) is 0. The van der Waals surface area contributed by atoms with E-state index in [-0.39, 0.29) is 6.04 Å². The highest BCUT2D eigenvalue weighted by atomic mass is 32.1. The van der Waals surface area contributed by atoms with E-state index in [1.807, 2.05) is 0 Å². The highest BCUT2D eigenvalue weighted by Gasteiger charge is 2.03. The third-order valence-corrected chi connectivity index (χ3v) is 1.69. The molecule has 0 fully saturated rings. The summed E-state index contributed by atoms with van der Waals surface area (Å²) in [4.78, 5) is 0.761. The molecular weight excluding hydrogens is 132 g/mol. The SMILES string of the molecule is CCC[C@H](N)C(=S)NC. The van der Waals surface area contributed by atoms with Crippen molar-refractivity contribution in [3.63, 3.8) is 0 Å². The first-order valence-corrected chi connectivity index (χ1v) is 3.60. The number of nitrogens with two attached hydrogens (primary N) is 1. The van der Waals surface area contributed by atoms with Gasteiger partial charge in [-0.3, -0.25) is 0 Å². The topological polar surface area (TPSA) is 38.0 Å². The molecule has 0 unspecified atom stereocenters. The summed E-state index contributed by atoms with van der Waals surface area (Å²) in [6, 6.07) is 0.0509. The number of nitrogens with one attached hydrogen (secondary N) is 1. The quantitative estimate of drug-likeness (QED) is 0.574. The molecule has 0 aliphatic carbocycles. The van der Waals surface area contributed by atoms with Crippen molar-refractivity contribution in [2.75, 3.05) is 7.05 Å². The molecule has 0 aliphatic heterocycles. The molecule has 0 aromatic heterocycles. The Kier molecular flexibility index (Phi) is 4.62. The van der Waals surface area contributed by atoms with Gasteiger partial charge in [0.15, 0.2) is 0 Å². The third-order valence-electron chi connectivity index (χ3n) is 1.18. The molecule has 0 aliphatic rings. The maximum absolute atomic E-state index is 5.63. The molecule has 0 rings (SSSR count). The minimum atomic E-state index is 0.0509. The van der Waals surface area contributed by atoms with Crippen LogP contribution in [0.3, 0.4) is 0 Å². The fourth-order valence-electron chi connectivity index (χ4n) is 0.627. The van der Waals surface area contributed by atoms with Crippen molar-refractivity contribution in [1.82, 2.24) is 5.32 Å². The van der Waals surface area contributed by atoms with Gasteiger partial charge in [0.05, 0.1) is 11.0 Å². The molecular formula is C6H14N2S. The molecule has 0 heterocycles. The lowest BCUT2D eigenvalue weighted by molar-refractivity contribution is 0.724. The Labute approximate surface area is 61.8 Å². The Morgan fingerprint density at radius 2 is 2.33 bits per heavy atom. The first-order valence-electron chi connectivity index (χ1n) is 3.19. The highest BCUT2D eigenvalue weighted by Crippen LogP contribution is 1.93. The molecule has 0 amide bonds. The van der Waals surface area contributed by atoms with Gasteiger partial charge in [0, 0.05) is 7.05 Å². The average molecular weight is 146 g/mol. The molecule has 0 bridgehead atoms. The van der Waals surface area contributed by atoms with Crippen LogP contribution in [0.5, 0.6) is 0 Å². The molecule has 9 heavy (non-hydrogen) atoms. The number of rotatable bonds is 3. The summed E-state index contributed by atoms with van der Waals surface area (Å²) in [5, 5.41) is 2.86. The van der Waals surface area contributed by atoms with Crippen LogP contribution in [0.15, 0.2) is 0 Å². The normalized spacial score (nSPS) is 12.8. The van der Waals surface area contributed by atoms with Crippen LogP contribution in [0, 0.1) is 0 Å². The maximum Gasteiger partial charge on any atom is 0.0921 e. The van der Waals surface area contributed by atoms with Crippen molar-refractivity contribution in [2.24, 2.45) is 5.73 Å². The second-order valence-corrected chi connectivity index (χ2v) is 2.45. The third kappa shape index (κ3) is 3.43. The fourth-order valence-corrected chi connectivity index (χ4v) is 0.745. The van der Waals surface area contributed by atoms with Gasteiger partial charge in [-0.1, -0.05) is 25.6 Å². The van der Waals surface area contributed by atoms with Crippen LogP contribution >= 0.6 is 12.2 Å². The fraction of sp³-hybridized carbons (Fsp3) is 0.833. The van der Waals surface area contributed by atoms with Gasteiger partial charge in [-0.15, -0.1) is 0 Å². The van der Waals surface area contributed by atoms with E-state index in [2.05, 4.69) is 12.2 Å². The van der Waals surface area contributed by atoms with Gasteiger partial charge in [-0.25, -0.2) is 0 Å². The van der Waals surface area contributed by atoms with Crippen molar-refractivity contribution in [2.45, 2.75) is 25.8 Å². The van der Waals surface area contributed by atoms with Crippen molar-refractivity contribution >= 4 is 17.2 Å². The second-order valence-electron chi connectivity index (χ2n) is 2.01. The summed E-state index contributed by atoms with van der Waals surface area (Å²) in [6.45, 7) is 2.10. The summed E-state index contributed by atoms with van der Waals surface area (Å²) < 4.78 is 0. The number of likely N-dealkylation sites (N-methyl/N-ethyl adjacent to an activating group) is 1. The zero-order valence-electron chi connectivity index (χ0n) is 5.98. The summed E-state index contributed by atoms with van der Waals surface area (Å²) >= 11 is 4.91. The average Bonchev–Trinajstić information content (AvgIpc) is 1.87. The standard InChI is InChI=1S/C6H14N2S/c1-3-4-5(7)6(9)8-2/h5H,3-4,7H2,1-2H3,(H,8,9)/t5-/m0/s1. The summed E-state index contributed by atoms with van der Waals surface area (Å²) in [7, 11) is 1.80. The van der Waals surface area contributed by atoms with E-state index in [4.69, 9.17) is 18.0 Å². The van der Waals surface area contributed by atoms with Gasteiger partial charge in [0.1, 0.15) is 0 Å². The van der Waals surface area contributed by atoms with Gasteiger partial charge < -0.3 is 11.1 Å². The van der Waals surface area contributed by atoms with Crippen LogP contribution in [-0.2, 0) is 0 Å². The van der Waals surface area contributed by atoms with Crippen molar-refractivity contribution in [3.05, 3.63) is 0 Å². The van der Waals surface area contributed by atoms with E-state index in [9.17, 15) is 0 Å².